The summed E-state index contributed by atoms with van der Waals surface area (Å²) in [5.41, 5.74) is 2.41. The first-order chi connectivity index (χ1) is 11.2. The van der Waals surface area contributed by atoms with E-state index in [-0.39, 0.29) is 0 Å². The topological polar surface area (TPSA) is 66.5 Å². The van der Waals surface area contributed by atoms with Crippen molar-refractivity contribution in [3.63, 3.8) is 0 Å². The van der Waals surface area contributed by atoms with Gasteiger partial charge in [0.15, 0.2) is 0 Å². The first-order valence-corrected chi connectivity index (χ1v) is 8.74. The molecule has 0 aliphatic carbocycles. The minimum atomic E-state index is -4.08. The number of anilines is 1. The number of rotatable bonds is 5. The lowest BCUT2D eigenvalue weighted by molar-refractivity contribution is -0.116. The number of likely N-dealkylation sites (N-methyl/N-ethyl adjacent to an activating group) is 1. The van der Waals surface area contributed by atoms with Crippen molar-refractivity contribution in [1.29, 1.82) is 0 Å². The highest BCUT2D eigenvalue weighted by Crippen LogP contribution is 2.20. The van der Waals surface area contributed by atoms with Crippen molar-refractivity contribution >= 4 is 21.6 Å². The van der Waals surface area contributed by atoms with Gasteiger partial charge in [0, 0.05) is 12.7 Å². The van der Waals surface area contributed by atoms with Crippen molar-refractivity contribution in [1.82, 2.24) is 4.31 Å². The van der Waals surface area contributed by atoms with Crippen LogP contribution >= 0.6 is 0 Å². The van der Waals surface area contributed by atoms with E-state index in [1.54, 1.807) is 0 Å². The Hall–Kier alpha value is -2.25. The standard InChI is InChI=1S/C17H19FN2O3S/c1-12-7-6-8-13(2)17(12)19-16(21)11-20(3)24(22,23)15-10-5-4-9-14(15)18/h4-10H,11H2,1-3H3,(H,19,21). The zero-order chi connectivity index (χ0) is 17.9. The molecule has 24 heavy (non-hydrogen) atoms. The third-order valence-electron chi connectivity index (χ3n) is 3.64. The van der Waals surface area contributed by atoms with Crippen molar-refractivity contribution in [2.75, 3.05) is 18.9 Å². The van der Waals surface area contributed by atoms with E-state index in [1.165, 1.54) is 25.2 Å². The number of sulfonamides is 1. The fraction of sp³-hybridized carbons (Fsp3) is 0.235. The molecule has 0 fully saturated rings. The van der Waals surface area contributed by atoms with Gasteiger partial charge in [-0.1, -0.05) is 30.3 Å². The number of halogens is 1. The number of carbonyl (C=O) groups excluding carboxylic acids is 1. The van der Waals surface area contributed by atoms with E-state index >= 15 is 0 Å². The summed E-state index contributed by atoms with van der Waals surface area (Å²) >= 11 is 0. The number of hydrogen-bond acceptors (Lipinski definition) is 3. The van der Waals surface area contributed by atoms with E-state index in [1.807, 2.05) is 32.0 Å². The number of aryl methyl sites for hydroxylation is 2. The van der Waals surface area contributed by atoms with Crippen LogP contribution < -0.4 is 5.32 Å². The monoisotopic (exact) mass is 350 g/mol. The smallest absolute Gasteiger partial charge is 0.246 e. The molecule has 128 valence electrons. The van der Waals surface area contributed by atoms with Crippen LogP contribution in [0.5, 0.6) is 0 Å². The van der Waals surface area contributed by atoms with Crippen LogP contribution in [0.3, 0.4) is 0 Å². The quantitative estimate of drug-likeness (QED) is 0.902. The summed E-state index contributed by atoms with van der Waals surface area (Å²) < 4.78 is 39.3. The highest BCUT2D eigenvalue weighted by Gasteiger charge is 2.26. The molecule has 0 aliphatic heterocycles. The molecule has 0 unspecified atom stereocenters. The predicted octanol–water partition coefficient (Wildman–Crippen LogP) is 2.70. The largest absolute Gasteiger partial charge is 0.324 e. The SMILES string of the molecule is Cc1cccc(C)c1NC(=O)CN(C)S(=O)(=O)c1ccccc1F. The molecule has 0 spiro atoms. The highest BCUT2D eigenvalue weighted by atomic mass is 32.2. The number of benzene rings is 2. The zero-order valence-electron chi connectivity index (χ0n) is 13.7. The molecule has 1 N–H and O–H groups in total. The van der Waals surface area contributed by atoms with Crippen molar-refractivity contribution in [2.24, 2.45) is 0 Å². The normalized spacial score (nSPS) is 11.5. The van der Waals surface area contributed by atoms with E-state index in [0.29, 0.717) is 5.69 Å². The Morgan fingerprint density at radius 2 is 1.67 bits per heavy atom. The van der Waals surface area contributed by atoms with Gasteiger partial charge in [-0.3, -0.25) is 4.79 Å². The number of amides is 1. The maximum atomic E-state index is 13.7. The molecule has 7 heteroatoms. The number of carbonyl (C=O) groups is 1. The van der Waals surface area contributed by atoms with Crippen molar-refractivity contribution in [3.05, 3.63) is 59.4 Å². The van der Waals surface area contributed by atoms with Gasteiger partial charge in [-0.05, 0) is 37.1 Å². The Bertz CT molecular complexity index is 846. The fourth-order valence-corrected chi connectivity index (χ4v) is 3.49. The van der Waals surface area contributed by atoms with Crippen LogP contribution in [0.2, 0.25) is 0 Å². The third-order valence-corrected chi connectivity index (χ3v) is 5.47. The zero-order valence-corrected chi connectivity index (χ0v) is 14.5. The van der Waals surface area contributed by atoms with Crippen molar-refractivity contribution in [2.45, 2.75) is 18.7 Å². The van der Waals surface area contributed by atoms with Gasteiger partial charge >= 0.3 is 0 Å². The summed E-state index contributed by atoms with van der Waals surface area (Å²) in [5, 5.41) is 2.71. The van der Waals surface area contributed by atoms with Crippen LogP contribution in [0.1, 0.15) is 11.1 Å². The number of para-hydroxylation sites is 1. The van der Waals surface area contributed by atoms with E-state index in [2.05, 4.69) is 5.32 Å². The van der Waals surface area contributed by atoms with Crippen LogP contribution in [-0.2, 0) is 14.8 Å². The fourth-order valence-electron chi connectivity index (χ4n) is 2.30. The van der Waals surface area contributed by atoms with Gasteiger partial charge in [0.2, 0.25) is 15.9 Å². The Balaban J connectivity index is 2.16. The molecule has 2 aromatic rings. The van der Waals surface area contributed by atoms with E-state index in [0.717, 1.165) is 21.5 Å². The van der Waals surface area contributed by atoms with E-state index < -0.39 is 33.2 Å². The molecule has 5 nitrogen and oxygen atoms in total. The molecule has 0 atom stereocenters. The second kappa shape index (κ2) is 7.11. The average Bonchev–Trinajstić information content (AvgIpc) is 2.51. The molecule has 0 saturated heterocycles. The molecular formula is C17H19FN2O3S. The molecular weight excluding hydrogens is 331 g/mol. The second-order valence-corrected chi connectivity index (χ2v) is 7.52. The van der Waals surface area contributed by atoms with Crippen LogP contribution in [-0.4, -0.2) is 32.2 Å². The molecule has 0 bridgehead atoms. The van der Waals surface area contributed by atoms with E-state index in [9.17, 15) is 17.6 Å². The lowest BCUT2D eigenvalue weighted by Crippen LogP contribution is -2.35. The van der Waals surface area contributed by atoms with Gasteiger partial charge in [0.25, 0.3) is 0 Å². The molecule has 0 aromatic heterocycles. The Morgan fingerprint density at radius 3 is 2.25 bits per heavy atom. The summed E-state index contributed by atoms with van der Waals surface area (Å²) in [5.74, 6) is -1.34. The molecule has 0 aliphatic rings. The second-order valence-electron chi connectivity index (χ2n) is 5.51. The summed E-state index contributed by atoms with van der Waals surface area (Å²) in [4.78, 5) is 11.7. The van der Waals surface area contributed by atoms with Crippen LogP contribution in [0.4, 0.5) is 10.1 Å². The Kier molecular flexibility index (Phi) is 5.36. The Labute approximate surface area is 141 Å². The lowest BCUT2D eigenvalue weighted by Gasteiger charge is -2.18. The summed E-state index contributed by atoms with van der Waals surface area (Å²) in [6.07, 6.45) is 0. The summed E-state index contributed by atoms with van der Waals surface area (Å²) in [6, 6.07) is 10.6. The minimum absolute atomic E-state index is 0.412. The van der Waals surface area contributed by atoms with Gasteiger partial charge in [-0.25, -0.2) is 12.8 Å². The maximum Gasteiger partial charge on any atom is 0.246 e. The minimum Gasteiger partial charge on any atom is -0.324 e. The molecule has 2 rings (SSSR count). The van der Waals surface area contributed by atoms with Crippen LogP contribution in [0, 0.1) is 19.7 Å². The predicted molar refractivity (Wildman–Crippen MR) is 90.8 cm³/mol. The summed E-state index contributed by atoms with van der Waals surface area (Å²) in [7, 11) is -2.84. The van der Waals surface area contributed by atoms with Crippen molar-refractivity contribution < 1.29 is 17.6 Å². The average molecular weight is 350 g/mol. The molecule has 1 amide bonds. The maximum absolute atomic E-state index is 13.7. The van der Waals surface area contributed by atoms with Gasteiger partial charge in [0.1, 0.15) is 10.7 Å². The summed E-state index contributed by atoms with van der Waals surface area (Å²) in [6.45, 7) is 3.29. The van der Waals surface area contributed by atoms with Crippen LogP contribution in [0.15, 0.2) is 47.4 Å². The number of hydrogen-bond donors (Lipinski definition) is 1. The molecule has 0 heterocycles. The van der Waals surface area contributed by atoms with Crippen LogP contribution in [0.25, 0.3) is 0 Å². The first kappa shape index (κ1) is 18.1. The molecule has 2 aromatic carbocycles. The lowest BCUT2D eigenvalue weighted by atomic mass is 10.1. The third kappa shape index (κ3) is 3.80. The van der Waals surface area contributed by atoms with Crippen molar-refractivity contribution in [3.8, 4) is 0 Å². The van der Waals surface area contributed by atoms with Gasteiger partial charge in [-0.2, -0.15) is 4.31 Å². The Morgan fingerprint density at radius 1 is 1.08 bits per heavy atom. The van der Waals surface area contributed by atoms with E-state index in [4.69, 9.17) is 0 Å². The first-order valence-electron chi connectivity index (χ1n) is 7.30. The molecule has 0 saturated carbocycles. The van der Waals surface area contributed by atoms with Gasteiger partial charge < -0.3 is 5.32 Å². The highest BCUT2D eigenvalue weighted by molar-refractivity contribution is 7.89. The number of nitrogens with one attached hydrogen (secondary N) is 1. The van der Waals surface area contributed by atoms with Gasteiger partial charge in [-0.15, -0.1) is 0 Å². The van der Waals surface area contributed by atoms with Gasteiger partial charge in [0.05, 0.1) is 6.54 Å². The molecule has 0 radical (unpaired) electrons. The number of nitrogens with zero attached hydrogens (tertiary/aromatic N) is 1.